The van der Waals surface area contributed by atoms with Gasteiger partial charge < -0.3 is 24.7 Å². The molecule has 56 heavy (non-hydrogen) atoms. The molecule has 3 aromatic carbocycles. The van der Waals surface area contributed by atoms with Gasteiger partial charge in [0.25, 0.3) is 22.9 Å². The number of rotatable bonds is 8. The molecule has 5 heterocycles. The summed E-state index contributed by atoms with van der Waals surface area (Å²) in [6, 6.07) is 23.2. The molecule has 0 saturated carbocycles. The lowest BCUT2D eigenvalue weighted by Gasteiger charge is -2.35. The molecule has 7 aromatic rings. The van der Waals surface area contributed by atoms with Gasteiger partial charge in [0, 0.05) is 97.3 Å². The van der Waals surface area contributed by atoms with Crippen molar-refractivity contribution in [2.45, 2.75) is 26.8 Å². The lowest BCUT2D eigenvalue weighted by molar-refractivity contribution is 0.0741. The number of carbonyl (C=O) groups excluding carboxylic acids is 2. The van der Waals surface area contributed by atoms with Crippen LogP contribution in [0.25, 0.3) is 32.8 Å². The Labute approximate surface area is 320 Å². The van der Waals surface area contributed by atoms with Gasteiger partial charge in [-0.05, 0) is 85.1 Å². The van der Waals surface area contributed by atoms with Crippen LogP contribution in [0.4, 0.5) is 10.2 Å². The minimum absolute atomic E-state index is 0.00526. The van der Waals surface area contributed by atoms with Crippen molar-refractivity contribution in [3.63, 3.8) is 0 Å². The normalized spacial score (nSPS) is 13.1. The van der Waals surface area contributed by atoms with Crippen LogP contribution in [0, 0.1) is 19.7 Å². The fourth-order valence-corrected chi connectivity index (χ4v) is 7.49. The Bertz CT molecular complexity index is 2780. The van der Waals surface area contributed by atoms with Gasteiger partial charge in [-0.3, -0.25) is 19.2 Å². The van der Waals surface area contributed by atoms with Gasteiger partial charge in [-0.2, -0.15) is 5.10 Å². The summed E-state index contributed by atoms with van der Waals surface area (Å²) >= 11 is 0. The van der Waals surface area contributed by atoms with Crippen LogP contribution in [0.5, 0.6) is 0 Å². The van der Waals surface area contributed by atoms with E-state index in [0.717, 1.165) is 39.1 Å². The molecule has 1 fully saturated rings. The second-order valence-corrected chi connectivity index (χ2v) is 14.2. The van der Waals surface area contributed by atoms with Crippen molar-refractivity contribution >= 4 is 39.3 Å². The SMILES string of the molecule is Cc1cc(C)c(CNC(=O)c2cc(-c3ccc(N4CCN(C(=O)c5cc(Cc6n[nH]c(=O)c7ccccc67)ccc5F)CC4)nc3)cc3c2ccn3C)c(=O)[nH]1. The zero-order valence-electron chi connectivity index (χ0n) is 31.1. The summed E-state index contributed by atoms with van der Waals surface area (Å²) in [6.45, 7) is 5.57. The Morgan fingerprint density at radius 3 is 2.38 bits per heavy atom. The first-order chi connectivity index (χ1) is 27.0. The van der Waals surface area contributed by atoms with Crippen molar-refractivity contribution in [1.29, 1.82) is 0 Å². The molecule has 0 atom stereocenters. The number of carbonyl (C=O) groups is 2. The molecule has 0 bridgehead atoms. The van der Waals surface area contributed by atoms with E-state index in [-0.39, 0.29) is 35.0 Å². The Balaban J connectivity index is 0.947. The van der Waals surface area contributed by atoms with Crippen molar-refractivity contribution in [3.05, 3.63) is 157 Å². The highest BCUT2D eigenvalue weighted by atomic mass is 19.1. The van der Waals surface area contributed by atoms with E-state index in [9.17, 15) is 19.2 Å². The first kappa shape index (κ1) is 36.1. The van der Waals surface area contributed by atoms with Gasteiger partial charge in [-0.25, -0.2) is 14.5 Å². The number of nitrogens with zero attached hydrogens (tertiary/aromatic N) is 5. The van der Waals surface area contributed by atoms with Crippen LogP contribution in [0.1, 0.15) is 48.8 Å². The van der Waals surface area contributed by atoms with Crippen LogP contribution in [0.15, 0.2) is 101 Å². The highest BCUT2D eigenvalue weighted by Gasteiger charge is 2.26. The Hall–Kier alpha value is -6.89. The number of benzene rings is 3. The van der Waals surface area contributed by atoms with Crippen LogP contribution in [-0.4, -0.2) is 67.6 Å². The van der Waals surface area contributed by atoms with E-state index >= 15 is 4.39 Å². The number of aromatic amines is 2. The summed E-state index contributed by atoms with van der Waals surface area (Å²) in [5, 5.41) is 11.7. The van der Waals surface area contributed by atoms with Gasteiger partial charge in [-0.15, -0.1) is 0 Å². The third-order valence-electron chi connectivity index (χ3n) is 10.5. The van der Waals surface area contributed by atoms with Crippen LogP contribution < -0.4 is 21.3 Å². The standard InChI is InChI=1S/C43H39FN8O4/c1-25-18-26(2)47-41(54)35(25)24-46-40(53)33-21-29(22-38-31(33)12-13-50(38)3)28-9-11-39(45-23-28)51-14-16-52(17-15-51)43(56)34-19-27(8-10-36(34)44)20-37-30-6-4-5-7-32(30)42(55)49-48-37/h4-13,18-19,21-23H,14-17,20,24H2,1-3H3,(H,46,53)(H,47,54)(H,49,55). The van der Waals surface area contributed by atoms with E-state index in [0.29, 0.717) is 65.8 Å². The zero-order valence-corrected chi connectivity index (χ0v) is 31.1. The molecule has 1 saturated heterocycles. The minimum atomic E-state index is -0.594. The summed E-state index contributed by atoms with van der Waals surface area (Å²) in [5.74, 6) is -0.525. The fourth-order valence-electron chi connectivity index (χ4n) is 7.49. The number of amides is 2. The third kappa shape index (κ3) is 6.94. The Morgan fingerprint density at radius 2 is 1.62 bits per heavy atom. The molecule has 0 unspecified atom stereocenters. The number of piperazine rings is 1. The van der Waals surface area contributed by atoms with Crippen LogP contribution in [-0.2, 0) is 20.0 Å². The number of H-pyrrole nitrogens is 2. The second-order valence-electron chi connectivity index (χ2n) is 14.2. The first-order valence-electron chi connectivity index (χ1n) is 18.4. The number of anilines is 1. The molecule has 8 rings (SSSR count). The quantitative estimate of drug-likeness (QED) is 0.188. The molecule has 282 valence electrons. The van der Waals surface area contributed by atoms with Crippen molar-refractivity contribution < 1.29 is 14.0 Å². The predicted molar refractivity (Wildman–Crippen MR) is 214 cm³/mol. The molecule has 0 spiro atoms. The molecular formula is C43H39FN8O4. The molecule has 13 heteroatoms. The van der Waals surface area contributed by atoms with E-state index in [1.165, 1.54) is 6.07 Å². The summed E-state index contributed by atoms with van der Waals surface area (Å²) in [5.41, 5.74) is 5.94. The van der Waals surface area contributed by atoms with Crippen LogP contribution >= 0.6 is 0 Å². The zero-order chi connectivity index (χ0) is 39.1. The average Bonchev–Trinajstić information content (AvgIpc) is 3.58. The maximum Gasteiger partial charge on any atom is 0.272 e. The Kier molecular flexibility index (Phi) is 9.50. The Morgan fingerprint density at radius 1 is 0.839 bits per heavy atom. The fraction of sp³-hybridized carbons (Fsp3) is 0.209. The topological polar surface area (TPSA) is 149 Å². The van der Waals surface area contributed by atoms with Crippen molar-refractivity contribution in [1.82, 2.24) is 34.9 Å². The van der Waals surface area contributed by atoms with E-state index in [4.69, 9.17) is 4.98 Å². The number of nitrogens with one attached hydrogen (secondary N) is 3. The van der Waals surface area contributed by atoms with Gasteiger partial charge >= 0.3 is 0 Å². The van der Waals surface area contributed by atoms with Gasteiger partial charge in [0.15, 0.2) is 0 Å². The van der Waals surface area contributed by atoms with E-state index in [1.807, 2.05) is 80.2 Å². The van der Waals surface area contributed by atoms with Gasteiger partial charge in [0.2, 0.25) is 0 Å². The smallest absolute Gasteiger partial charge is 0.272 e. The molecular weight excluding hydrogens is 712 g/mol. The van der Waals surface area contributed by atoms with Gasteiger partial charge in [0.05, 0.1) is 16.6 Å². The molecule has 12 nitrogen and oxygen atoms in total. The lowest BCUT2D eigenvalue weighted by Crippen LogP contribution is -2.49. The molecule has 1 aliphatic heterocycles. The molecule has 4 aromatic heterocycles. The highest BCUT2D eigenvalue weighted by molar-refractivity contribution is 6.08. The van der Waals surface area contributed by atoms with E-state index in [1.54, 1.807) is 35.4 Å². The summed E-state index contributed by atoms with van der Waals surface area (Å²) in [4.78, 5) is 63.3. The van der Waals surface area contributed by atoms with E-state index < -0.39 is 5.82 Å². The predicted octanol–water partition coefficient (Wildman–Crippen LogP) is 5.40. The molecule has 0 aliphatic carbocycles. The summed E-state index contributed by atoms with van der Waals surface area (Å²) in [7, 11) is 1.92. The number of aromatic nitrogens is 5. The molecule has 1 aliphatic rings. The van der Waals surface area contributed by atoms with Crippen LogP contribution in [0.3, 0.4) is 0 Å². The maximum atomic E-state index is 15.1. The number of halogens is 1. The average molecular weight is 751 g/mol. The van der Waals surface area contributed by atoms with E-state index in [2.05, 4.69) is 25.4 Å². The van der Waals surface area contributed by atoms with Crippen LogP contribution in [0.2, 0.25) is 0 Å². The summed E-state index contributed by atoms with van der Waals surface area (Å²) in [6.07, 6.45) is 4.00. The minimum Gasteiger partial charge on any atom is -0.353 e. The number of fused-ring (bicyclic) bond motifs is 2. The third-order valence-corrected chi connectivity index (χ3v) is 10.5. The monoisotopic (exact) mass is 750 g/mol. The number of aryl methyl sites for hydroxylation is 3. The lowest BCUT2D eigenvalue weighted by atomic mass is 10.0. The molecule has 2 amide bonds. The number of hydrogen-bond donors (Lipinski definition) is 3. The number of pyridine rings is 2. The van der Waals surface area contributed by atoms with Gasteiger partial charge in [-0.1, -0.05) is 24.3 Å². The maximum absolute atomic E-state index is 15.1. The summed E-state index contributed by atoms with van der Waals surface area (Å²) < 4.78 is 17.0. The first-order valence-corrected chi connectivity index (χ1v) is 18.4. The number of hydrogen-bond acceptors (Lipinski definition) is 7. The van der Waals surface area contributed by atoms with Crippen molar-refractivity contribution in [3.8, 4) is 11.1 Å². The van der Waals surface area contributed by atoms with Crippen molar-refractivity contribution in [2.75, 3.05) is 31.1 Å². The van der Waals surface area contributed by atoms with Gasteiger partial charge in [0.1, 0.15) is 11.6 Å². The largest absolute Gasteiger partial charge is 0.353 e. The second kappa shape index (κ2) is 14.7. The molecule has 3 N–H and O–H groups in total. The highest BCUT2D eigenvalue weighted by Crippen LogP contribution is 2.30. The van der Waals surface area contributed by atoms with Crippen molar-refractivity contribution in [2.24, 2.45) is 7.05 Å². The molecule has 0 radical (unpaired) electrons.